The van der Waals surface area contributed by atoms with Gasteiger partial charge in [0.1, 0.15) is 12.0 Å². The van der Waals surface area contributed by atoms with Crippen LogP contribution in [0, 0.1) is 0 Å². The third kappa shape index (κ3) is 7.34. The number of esters is 1. The molecule has 0 radical (unpaired) electrons. The van der Waals surface area contributed by atoms with Crippen molar-refractivity contribution >= 4 is 12.0 Å². The zero-order valence-corrected chi connectivity index (χ0v) is 12.3. The van der Waals surface area contributed by atoms with Crippen molar-refractivity contribution < 1.29 is 19.1 Å². The summed E-state index contributed by atoms with van der Waals surface area (Å²) in [7, 11) is 0. The molecule has 5 heteroatoms. The molecule has 0 aliphatic heterocycles. The molecular weight excluding hydrogens is 272 g/mol. The highest BCUT2D eigenvalue weighted by atomic mass is 16.5. The Balaban J connectivity index is 2.22. The highest BCUT2D eigenvalue weighted by Gasteiger charge is 2.01. The molecule has 0 saturated heterocycles. The van der Waals surface area contributed by atoms with Crippen LogP contribution < -0.4 is 5.43 Å². The number of rotatable bonds is 9. The first-order chi connectivity index (χ1) is 10.1. The van der Waals surface area contributed by atoms with E-state index in [0.29, 0.717) is 6.61 Å². The molecule has 0 fully saturated rings. The van der Waals surface area contributed by atoms with Crippen LogP contribution in [0.1, 0.15) is 51.2 Å². The van der Waals surface area contributed by atoms with Crippen molar-refractivity contribution in [3.05, 3.63) is 34.4 Å². The Morgan fingerprint density at radius 1 is 1.29 bits per heavy atom. The summed E-state index contributed by atoms with van der Waals surface area (Å²) in [6, 6.07) is 1.10. The molecule has 0 spiro atoms. The van der Waals surface area contributed by atoms with Gasteiger partial charge in [-0.2, -0.15) is 0 Å². The summed E-state index contributed by atoms with van der Waals surface area (Å²) in [5.41, 5.74) is -0.554. The van der Waals surface area contributed by atoms with Gasteiger partial charge in [0.05, 0.1) is 6.61 Å². The minimum Gasteiger partial charge on any atom is -0.502 e. The van der Waals surface area contributed by atoms with Crippen molar-refractivity contribution in [2.24, 2.45) is 0 Å². The zero-order chi connectivity index (χ0) is 15.5. The smallest absolute Gasteiger partial charge is 0.330 e. The Morgan fingerprint density at radius 2 is 2.00 bits per heavy atom. The molecule has 5 nitrogen and oxygen atoms in total. The van der Waals surface area contributed by atoms with Crippen LogP contribution in [-0.4, -0.2) is 17.7 Å². The summed E-state index contributed by atoms with van der Waals surface area (Å²) in [5.74, 6) is -0.744. The lowest BCUT2D eigenvalue weighted by Crippen LogP contribution is -2.02. The number of carbonyl (C=O) groups is 1. The molecule has 0 amide bonds. The van der Waals surface area contributed by atoms with Crippen molar-refractivity contribution in [2.45, 2.75) is 45.4 Å². The van der Waals surface area contributed by atoms with Crippen molar-refractivity contribution in [3.8, 4) is 5.75 Å². The highest BCUT2D eigenvalue weighted by molar-refractivity contribution is 5.86. The van der Waals surface area contributed by atoms with E-state index in [1.54, 1.807) is 0 Å². The molecule has 116 valence electrons. The van der Waals surface area contributed by atoms with E-state index in [9.17, 15) is 9.59 Å². The number of ether oxygens (including phenoxy) is 1. The van der Waals surface area contributed by atoms with Gasteiger partial charge in [-0.1, -0.05) is 39.0 Å². The first-order valence-corrected chi connectivity index (χ1v) is 7.30. The van der Waals surface area contributed by atoms with Gasteiger partial charge in [0.25, 0.3) is 0 Å². The second kappa shape index (κ2) is 9.80. The molecule has 1 heterocycles. The maximum absolute atomic E-state index is 11.4. The van der Waals surface area contributed by atoms with Gasteiger partial charge < -0.3 is 14.3 Å². The molecule has 0 aliphatic carbocycles. The molecule has 0 bridgehead atoms. The summed E-state index contributed by atoms with van der Waals surface area (Å²) in [5, 5.41) is 9.02. The summed E-state index contributed by atoms with van der Waals surface area (Å²) >= 11 is 0. The van der Waals surface area contributed by atoms with Gasteiger partial charge in [0, 0.05) is 12.1 Å². The van der Waals surface area contributed by atoms with Crippen LogP contribution in [0.2, 0.25) is 0 Å². The minimum absolute atomic E-state index is 0.189. The molecule has 1 aromatic rings. The van der Waals surface area contributed by atoms with E-state index in [4.69, 9.17) is 14.3 Å². The summed E-state index contributed by atoms with van der Waals surface area (Å²) < 4.78 is 9.95. The fraction of sp³-hybridized carbons (Fsp3) is 0.500. The maximum Gasteiger partial charge on any atom is 0.330 e. The Kier molecular flexibility index (Phi) is 7.94. The molecule has 0 unspecified atom stereocenters. The molecule has 0 saturated carbocycles. The Morgan fingerprint density at radius 3 is 2.71 bits per heavy atom. The molecule has 0 atom stereocenters. The lowest BCUT2D eigenvalue weighted by Gasteiger charge is -2.02. The monoisotopic (exact) mass is 294 g/mol. The van der Waals surface area contributed by atoms with Gasteiger partial charge in [0.2, 0.25) is 5.43 Å². The van der Waals surface area contributed by atoms with E-state index in [0.717, 1.165) is 25.2 Å². The molecule has 1 rings (SSSR count). The number of hydrogen-bond acceptors (Lipinski definition) is 5. The zero-order valence-electron chi connectivity index (χ0n) is 12.3. The number of carbonyl (C=O) groups excluding carboxylic acids is 1. The van der Waals surface area contributed by atoms with E-state index in [1.807, 2.05) is 0 Å². The van der Waals surface area contributed by atoms with E-state index in [-0.39, 0.29) is 5.76 Å². The van der Waals surface area contributed by atoms with Crippen LogP contribution in [-0.2, 0) is 9.53 Å². The van der Waals surface area contributed by atoms with Crippen LogP contribution in [0.4, 0.5) is 0 Å². The molecule has 0 aliphatic rings. The van der Waals surface area contributed by atoms with Crippen molar-refractivity contribution in [1.29, 1.82) is 0 Å². The molecule has 0 aromatic carbocycles. The fourth-order valence-electron chi connectivity index (χ4n) is 1.76. The average molecular weight is 294 g/mol. The van der Waals surface area contributed by atoms with Gasteiger partial charge in [0.15, 0.2) is 5.75 Å². The van der Waals surface area contributed by atoms with E-state index in [2.05, 4.69) is 6.92 Å². The predicted octanol–water partition coefficient (Wildman–Crippen LogP) is 3.26. The van der Waals surface area contributed by atoms with Crippen LogP contribution >= 0.6 is 0 Å². The van der Waals surface area contributed by atoms with Crippen LogP contribution in [0.5, 0.6) is 5.75 Å². The number of unbranched alkanes of at least 4 members (excludes halogenated alkanes) is 5. The maximum atomic E-state index is 11.4. The standard InChI is InChI=1S/C16H22O5/c1-2-3-4-5-6-7-10-20-16(19)9-8-13-11-14(17)15(18)12-21-13/h8-9,11-12,18H,2-7,10H2,1H3/b9-8+. The third-order valence-electron chi connectivity index (χ3n) is 2.96. The quantitative estimate of drug-likeness (QED) is 0.430. The Hall–Kier alpha value is -2.04. The van der Waals surface area contributed by atoms with Gasteiger partial charge in [-0.15, -0.1) is 0 Å². The SMILES string of the molecule is CCCCCCCCOC(=O)/C=C/c1cc(=O)c(O)co1. The molecule has 1 N–H and O–H groups in total. The molecule has 21 heavy (non-hydrogen) atoms. The second-order valence-corrected chi connectivity index (χ2v) is 4.80. The average Bonchev–Trinajstić information content (AvgIpc) is 2.47. The lowest BCUT2D eigenvalue weighted by atomic mass is 10.1. The topological polar surface area (TPSA) is 76.7 Å². The van der Waals surface area contributed by atoms with Crippen LogP contribution in [0.3, 0.4) is 0 Å². The van der Waals surface area contributed by atoms with Gasteiger partial charge in [-0.25, -0.2) is 4.79 Å². The largest absolute Gasteiger partial charge is 0.502 e. The fourth-order valence-corrected chi connectivity index (χ4v) is 1.76. The van der Waals surface area contributed by atoms with Crippen molar-refractivity contribution in [2.75, 3.05) is 6.61 Å². The van der Waals surface area contributed by atoms with E-state index < -0.39 is 17.1 Å². The van der Waals surface area contributed by atoms with Crippen molar-refractivity contribution in [3.63, 3.8) is 0 Å². The van der Waals surface area contributed by atoms with Crippen LogP contribution in [0.25, 0.3) is 6.08 Å². The van der Waals surface area contributed by atoms with Gasteiger partial charge >= 0.3 is 5.97 Å². The first-order valence-electron chi connectivity index (χ1n) is 7.30. The van der Waals surface area contributed by atoms with Crippen LogP contribution in [0.15, 0.2) is 27.6 Å². The Labute approximate surface area is 124 Å². The lowest BCUT2D eigenvalue weighted by molar-refractivity contribution is -0.137. The van der Waals surface area contributed by atoms with E-state index >= 15 is 0 Å². The molecule has 1 aromatic heterocycles. The summed E-state index contributed by atoms with van der Waals surface area (Å²) in [6.07, 6.45) is 10.2. The normalized spacial score (nSPS) is 10.9. The highest BCUT2D eigenvalue weighted by Crippen LogP contribution is 2.06. The second-order valence-electron chi connectivity index (χ2n) is 4.80. The summed E-state index contributed by atoms with van der Waals surface area (Å²) in [6.45, 7) is 2.57. The number of aromatic hydroxyl groups is 1. The van der Waals surface area contributed by atoms with Crippen molar-refractivity contribution in [1.82, 2.24) is 0 Å². The first kappa shape index (κ1) is 17.0. The minimum atomic E-state index is -0.554. The third-order valence-corrected chi connectivity index (χ3v) is 2.96. The summed E-state index contributed by atoms with van der Waals surface area (Å²) in [4.78, 5) is 22.6. The Bertz CT molecular complexity index is 516. The van der Waals surface area contributed by atoms with Gasteiger partial charge in [-0.05, 0) is 12.5 Å². The van der Waals surface area contributed by atoms with Gasteiger partial charge in [-0.3, -0.25) is 4.79 Å². The molecular formula is C16H22O5. The predicted molar refractivity (Wildman–Crippen MR) is 80.0 cm³/mol. The number of hydrogen-bond donors (Lipinski definition) is 1. The van der Waals surface area contributed by atoms with E-state index in [1.165, 1.54) is 37.8 Å².